The van der Waals surface area contributed by atoms with Crippen LogP contribution in [0.5, 0.6) is 0 Å². The molecule has 2 heteroatoms. The standard InChI is InChI=1S/C50H29NO/c1-2-15-32-30(13-1)14-11-22-33(32)46-36-18-5-3-16-34(36)45(35-17-4-6-19-37(35)46)31-26-27-38-43(29-31)50(42-24-12-28-51-48(38)42)41-23-9-7-20-39(41)49-47(50)40-21-8-10-25-44(40)52-49/h1-29H. The summed E-state index contributed by atoms with van der Waals surface area (Å²) in [5.74, 6) is 0.959. The molecule has 2 aromatic heterocycles. The van der Waals surface area contributed by atoms with Crippen LogP contribution >= 0.6 is 0 Å². The average molecular weight is 660 g/mol. The Morgan fingerprint density at radius 1 is 0.423 bits per heavy atom. The fourth-order valence-corrected chi connectivity index (χ4v) is 9.77. The van der Waals surface area contributed by atoms with E-state index in [0.29, 0.717) is 0 Å². The first-order chi connectivity index (χ1) is 25.8. The molecule has 0 N–H and O–H groups in total. The predicted molar refractivity (Wildman–Crippen MR) is 214 cm³/mol. The Kier molecular flexibility index (Phi) is 5.46. The molecule has 0 saturated carbocycles. The van der Waals surface area contributed by atoms with Crippen molar-refractivity contribution in [1.82, 2.24) is 4.98 Å². The molecule has 10 aromatic rings. The summed E-state index contributed by atoms with van der Waals surface area (Å²) < 4.78 is 6.75. The van der Waals surface area contributed by atoms with E-state index in [2.05, 4.69) is 170 Å². The van der Waals surface area contributed by atoms with Crippen LogP contribution in [0.15, 0.2) is 180 Å². The molecule has 1 unspecified atom stereocenters. The van der Waals surface area contributed by atoms with Gasteiger partial charge in [-0.05, 0) is 89.5 Å². The van der Waals surface area contributed by atoms with E-state index >= 15 is 0 Å². The van der Waals surface area contributed by atoms with Crippen molar-refractivity contribution < 1.29 is 4.42 Å². The fraction of sp³-hybridized carbons (Fsp3) is 0.0200. The molecule has 1 spiro atoms. The normalized spacial score (nSPS) is 15.4. The van der Waals surface area contributed by atoms with Gasteiger partial charge in [-0.2, -0.15) is 0 Å². The van der Waals surface area contributed by atoms with Crippen molar-refractivity contribution in [2.45, 2.75) is 5.41 Å². The van der Waals surface area contributed by atoms with Crippen LogP contribution in [0.3, 0.4) is 0 Å². The van der Waals surface area contributed by atoms with E-state index in [4.69, 9.17) is 9.40 Å². The van der Waals surface area contributed by atoms with Crippen LogP contribution < -0.4 is 0 Å². The minimum Gasteiger partial charge on any atom is -0.456 e. The van der Waals surface area contributed by atoms with Gasteiger partial charge < -0.3 is 4.42 Å². The second-order valence-electron chi connectivity index (χ2n) is 14.1. The highest BCUT2D eigenvalue weighted by Crippen LogP contribution is 2.65. The summed E-state index contributed by atoms with van der Waals surface area (Å²) in [5.41, 5.74) is 13.6. The molecule has 2 heterocycles. The van der Waals surface area contributed by atoms with Gasteiger partial charge in [0.25, 0.3) is 0 Å². The van der Waals surface area contributed by atoms with E-state index in [1.54, 1.807) is 0 Å². The van der Waals surface area contributed by atoms with Crippen molar-refractivity contribution in [3.63, 3.8) is 0 Å². The summed E-state index contributed by atoms with van der Waals surface area (Å²) in [5, 5.41) is 8.65. The third kappa shape index (κ3) is 3.42. The topological polar surface area (TPSA) is 26.0 Å². The predicted octanol–water partition coefficient (Wildman–Crippen LogP) is 13.0. The van der Waals surface area contributed by atoms with Crippen LogP contribution in [0.25, 0.3) is 88.1 Å². The summed E-state index contributed by atoms with van der Waals surface area (Å²) in [4.78, 5) is 5.07. The first-order valence-electron chi connectivity index (χ1n) is 18.0. The largest absolute Gasteiger partial charge is 0.456 e. The maximum Gasteiger partial charge on any atom is 0.140 e. The number of hydrogen-bond donors (Lipinski definition) is 0. The summed E-state index contributed by atoms with van der Waals surface area (Å²) in [6.45, 7) is 0. The lowest BCUT2D eigenvalue weighted by Gasteiger charge is -2.30. The number of benzene rings is 8. The second kappa shape index (κ2) is 10.2. The molecule has 8 aromatic carbocycles. The van der Waals surface area contributed by atoms with Crippen molar-refractivity contribution in [2.24, 2.45) is 0 Å². The maximum absolute atomic E-state index is 6.75. The zero-order valence-corrected chi connectivity index (χ0v) is 28.1. The second-order valence-corrected chi connectivity index (χ2v) is 14.1. The lowest BCUT2D eigenvalue weighted by molar-refractivity contribution is 0.628. The number of aromatic nitrogens is 1. The van der Waals surface area contributed by atoms with E-state index in [-0.39, 0.29) is 0 Å². The summed E-state index contributed by atoms with van der Waals surface area (Å²) in [6, 6.07) is 62.1. The molecule has 0 bridgehead atoms. The minimum atomic E-state index is -0.567. The molecule has 52 heavy (non-hydrogen) atoms. The first kappa shape index (κ1) is 28.0. The zero-order valence-electron chi connectivity index (χ0n) is 28.1. The maximum atomic E-state index is 6.75. The zero-order chi connectivity index (χ0) is 34.0. The first-order valence-corrected chi connectivity index (χ1v) is 18.0. The van der Waals surface area contributed by atoms with Gasteiger partial charge in [0.2, 0.25) is 0 Å². The molecule has 1 atom stereocenters. The van der Waals surface area contributed by atoms with Gasteiger partial charge in [-0.15, -0.1) is 0 Å². The lowest BCUT2D eigenvalue weighted by Crippen LogP contribution is -2.26. The Labute approximate surface area is 300 Å². The van der Waals surface area contributed by atoms with Crippen molar-refractivity contribution in [3.05, 3.63) is 198 Å². The van der Waals surface area contributed by atoms with Crippen molar-refractivity contribution in [1.29, 1.82) is 0 Å². The smallest absolute Gasteiger partial charge is 0.140 e. The molecule has 240 valence electrons. The highest BCUT2D eigenvalue weighted by Gasteiger charge is 2.55. The van der Waals surface area contributed by atoms with Gasteiger partial charge >= 0.3 is 0 Å². The number of para-hydroxylation sites is 1. The van der Waals surface area contributed by atoms with Crippen LogP contribution in [0.2, 0.25) is 0 Å². The van der Waals surface area contributed by atoms with Crippen LogP contribution in [0.4, 0.5) is 0 Å². The molecule has 2 aliphatic carbocycles. The monoisotopic (exact) mass is 659 g/mol. The van der Waals surface area contributed by atoms with Gasteiger partial charge in [0.15, 0.2) is 0 Å². The van der Waals surface area contributed by atoms with Crippen LogP contribution in [-0.4, -0.2) is 4.98 Å². The van der Waals surface area contributed by atoms with Gasteiger partial charge in [-0.25, -0.2) is 0 Å². The SMILES string of the molecule is c1ccc2c(c1)-c1oc3ccccc3c1C21c2cc(-c3c4ccccc4c(-c4cccc5ccccc45)c4ccccc34)ccc2-c2ncccc21. The molecule has 0 amide bonds. The Bertz CT molecular complexity index is 3090. The molecule has 0 radical (unpaired) electrons. The number of nitrogens with zero attached hydrogens (tertiary/aromatic N) is 1. The number of rotatable bonds is 2. The molecular weight excluding hydrogens is 631 g/mol. The van der Waals surface area contributed by atoms with E-state index in [0.717, 1.165) is 28.0 Å². The lowest BCUT2D eigenvalue weighted by atomic mass is 9.70. The molecule has 2 nitrogen and oxygen atoms in total. The number of furan rings is 1. The van der Waals surface area contributed by atoms with Crippen LogP contribution in [0, 0.1) is 0 Å². The van der Waals surface area contributed by atoms with Gasteiger partial charge in [-0.1, -0.05) is 152 Å². The van der Waals surface area contributed by atoms with Crippen molar-refractivity contribution in [2.75, 3.05) is 0 Å². The summed E-state index contributed by atoms with van der Waals surface area (Å²) in [6.07, 6.45) is 1.93. The quantitative estimate of drug-likeness (QED) is 0.173. The molecule has 0 saturated heterocycles. The highest BCUT2D eigenvalue weighted by molar-refractivity contribution is 6.23. The number of hydrogen-bond acceptors (Lipinski definition) is 2. The number of pyridine rings is 1. The Balaban J connectivity index is 1.21. The van der Waals surface area contributed by atoms with Gasteiger partial charge in [0.1, 0.15) is 11.3 Å². The molecule has 0 aliphatic heterocycles. The number of fused-ring (bicyclic) bond motifs is 15. The molecule has 0 fully saturated rings. The highest BCUT2D eigenvalue weighted by atomic mass is 16.3. The molecule has 2 aliphatic rings. The van der Waals surface area contributed by atoms with Gasteiger partial charge in [0, 0.05) is 28.3 Å². The van der Waals surface area contributed by atoms with E-state index < -0.39 is 5.41 Å². The van der Waals surface area contributed by atoms with E-state index in [1.165, 1.54) is 82.4 Å². The van der Waals surface area contributed by atoms with Gasteiger partial charge in [-0.3, -0.25) is 4.98 Å². The van der Waals surface area contributed by atoms with E-state index in [1.807, 2.05) is 6.20 Å². The summed E-state index contributed by atoms with van der Waals surface area (Å²) in [7, 11) is 0. The van der Waals surface area contributed by atoms with E-state index in [9.17, 15) is 0 Å². The average Bonchev–Trinajstić information content (AvgIpc) is 3.83. The molecular formula is C50H29NO. The molecule has 12 rings (SSSR count). The van der Waals surface area contributed by atoms with Gasteiger partial charge in [0.05, 0.1) is 11.1 Å². The van der Waals surface area contributed by atoms with Crippen LogP contribution in [-0.2, 0) is 5.41 Å². The fourth-order valence-electron chi connectivity index (χ4n) is 9.77. The Morgan fingerprint density at radius 3 is 1.85 bits per heavy atom. The van der Waals surface area contributed by atoms with Crippen LogP contribution in [0.1, 0.15) is 22.3 Å². The third-order valence-corrected chi connectivity index (χ3v) is 11.7. The third-order valence-electron chi connectivity index (χ3n) is 11.7. The Morgan fingerprint density at radius 2 is 1.04 bits per heavy atom. The Hall–Kier alpha value is -6.77. The summed E-state index contributed by atoms with van der Waals surface area (Å²) >= 11 is 0. The van der Waals surface area contributed by atoms with Crippen molar-refractivity contribution >= 4 is 43.3 Å². The minimum absolute atomic E-state index is 0.567. The van der Waals surface area contributed by atoms with Crippen molar-refractivity contribution in [3.8, 4) is 44.8 Å².